The van der Waals surface area contributed by atoms with Gasteiger partial charge in [0, 0.05) is 38.9 Å². The molecule has 0 bridgehead atoms. The molecule has 114 heavy (non-hydrogen) atoms. The van der Waals surface area contributed by atoms with Gasteiger partial charge in [0.15, 0.2) is 27.6 Å². The van der Waals surface area contributed by atoms with Gasteiger partial charge in [-0.3, -0.25) is 0 Å². The lowest BCUT2D eigenvalue weighted by Crippen LogP contribution is -2.32. The summed E-state index contributed by atoms with van der Waals surface area (Å²) in [5, 5.41) is 6.13. The molecule has 0 spiro atoms. The zero-order chi connectivity index (χ0) is 82.7. The second-order valence-corrected chi connectivity index (χ2v) is 34.0. The van der Waals surface area contributed by atoms with Crippen LogP contribution in [0.15, 0.2) is 183 Å². The number of hydrogen-bond acceptors (Lipinski definition) is 5. The number of aryl methyl sites for hydroxylation is 16. The van der Waals surface area contributed by atoms with Crippen LogP contribution in [0.3, 0.4) is 0 Å². The third-order valence-corrected chi connectivity index (χ3v) is 23.2. The highest BCUT2D eigenvalue weighted by Gasteiger charge is 2.26. The van der Waals surface area contributed by atoms with E-state index in [4.69, 9.17) is 9.97 Å². The van der Waals surface area contributed by atoms with Gasteiger partial charge in [-0.05, 0) is 311 Å². The first-order chi connectivity index (χ1) is 54.0. The van der Waals surface area contributed by atoms with Crippen LogP contribution >= 0.6 is 0 Å². The standard InChI is InChI=1S/C22H27N2.3C21H25N2.C19H21N2/c1-14(2)10-18-8-7-9-19-21(18)23-13-24(6)22(19)20-12-15(3)11-16(4)17(20)5;1-13(2)17-7-8-20-19(11-17)21(23(6)12-22-20)18-10-14(3)9-15(4)16(18)5;1-13(2)17-7-8-18-20(11-17)22-12-23(6)21(18)19-10-14(3)9-15(4)16(19)5;1-13(2)17-8-7-9-18-20(17)22-12-23(6)21(18)19-11-14(3)10-15(4)16(19)5;1-12-6-7-18-17(9-12)19(21(5)11-20-18)16-10-13(2)8-14(3)15(16)4/h7-9,11-14H,10H2,1-6H3;3*7-13H,1-6H3;6-11H,1-5H3/q5*+1. The summed E-state index contributed by atoms with van der Waals surface area (Å²) in [6.45, 7) is 52.8. The van der Waals surface area contributed by atoms with E-state index in [1.54, 1.807) is 0 Å². The van der Waals surface area contributed by atoms with Crippen molar-refractivity contribution in [3.8, 4) is 56.3 Å². The van der Waals surface area contributed by atoms with Crippen LogP contribution in [0.5, 0.6) is 0 Å². The van der Waals surface area contributed by atoms with Gasteiger partial charge >= 0.3 is 0 Å². The largest absolute Gasteiger partial charge is 0.287 e. The van der Waals surface area contributed by atoms with Gasteiger partial charge in [-0.25, -0.2) is 22.8 Å². The number of benzene rings is 10. The van der Waals surface area contributed by atoms with E-state index in [2.05, 4.69) is 391 Å². The Bertz CT molecular complexity index is 6100. The van der Waals surface area contributed by atoms with E-state index in [1.807, 2.05) is 31.6 Å². The first kappa shape index (κ1) is 83.8. The molecule has 0 radical (unpaired) electrons. The summed E-state index contributed by atoms with van der Waals surface area (Å²) in [4.78, 5) is 23.3. The van der Waals surface area contributed by atoms with Crippen molar-refractivity contribution in [2.45, 2.75) is 190 Å². The molecule has 10 heteroatoms. The van der Waals surface area contributed by atoms with Gasteiger partial charge in [-0.15, -0.1) is 0 Å². The Hall–Kier alpha value is -11.1. The zero-order valence-corrected chi connectivity index (χ0v) is 73.8. The van der Waals surface area contributed by atoms with Gasteiger partial charge in [0.25, 0.3) is 31.6 Å². The predicted octanol–water partition coefficient (Wildman–Crippen LogP) is 23.1. The van der Waals surface area contributed by atoms with E-state index in [9.17, 15) is 0 Å². The van der Waals surface area contributed by atoms with E-state index in [0.717, 1.165) is 34.0 Å². The topological polar surface area (TPSA) is 83.8 Å². The zero-order valence-electron chi connectivity index (χ0n) is 73.8. The van der Waals surface area contributed by atoms with E-state index < -0.39 is 0 Å². The molecule has 584 valence electrons. The Labute approximate surface area is 680 Å². The third kappa shape index (κ3) is 17.9. The van der Waals surface area contributed by atoms with Crippen molar-refractivity contribution in [3.05, 3.63) is 295 Å². The monoisotopic (exact) mass is 1510 g/mol. The molecule has 5 aromatic heterocycles. The Morgan fingerprint density at radius 2 is 0.588 bits per heavy atom. The van der Waals surface area contributed by atoms with Crippen molar-refractivity contribution in [2.75, 3.05) is 0 Å². The molecular weight excluding hydrogens is 1390 g/mol. The van der Waals surface area contributed by atoms with Crippen molar-refractivity contribution in [1.82, 2.24) is 24.9 Å². The molecule has 0 N–H and O–H groups in total. The highest BCUT2D eigenvalue weighted by Crippen LogP contribution is 2.38. The number of rotatable bonds is 10. The molecule has 0 aliphatic rings. The summed E-state index contributed by atoms with van der Waals surface area (Å²) >= 11 is 0. The number of hydrogen-bond donors (Lipinski definition) is 0. The van der Waals surface area contributed by atoms with Gasteiger partial charge in [-0.2, -0.15) is 0 Å². The number of nitrogens with zero attached hydrogens (tertiary/aromatic N) is 10. The number of para-hydroxylation sites is 2. The molecular formula is C104H123N10+5. The normalized spacial score (nSPS) is 11.4. The van der Waals surface area contributed by atoms with Crippen LogP contribution < -0.4 is 22.8 Å². The van der Waals surface area contributed by atoms with Crippen LogP contribution in [0.2, 0.25) is 0 Å². The Balaban J connectivity index is 0.000000141. The second-order valence-electron chi connectivity index (χ2n) is 34.0. The summed E-state index contributed by atoms with van der Waals surface area (Å²) in [6, 6.07) is 55.6. The number of fused-ring (bicyclic) bond motifs is 5. The molecule has 0 aliphatic carbocycles. The molecule has 5 heterocycles. The average Bonchev–Trinajstić information content (AvgIpc) is 0.795. The summed E-state index contributed by atoms with van der Waals surface area (Å²) in [7, 11) is 10.4. The lowest BCUT2D eigenvalue weighted by atomic mass is 9.93. The van der Waals surface area contributed by atoms with Crippen molar-refractivity contribution in [2.24, 2.45) is 41.2 Å². The van der Waals surface area contributed by atoms with Crippen LogP contribution in [0.4, 0.5) is 0 Å². The van der Waals surface area contributed by atoms with E-state index in [1.165, 1.54) is 194 Å². The molecule has 0 atom stereocenters. The molecule has 0 saturated carbocycles. The van der Waals surface area contributed by atoms with Crippen LogP contribution in [0.25, 0.3) is 111 Å². The van der Waals surface area contributed by atoms with Crippen molar-refractivity contribution in [3.63, 3.8) is 0 Å². The van der Waals surface area contributed by atoms with Gasteiger partial charge in [-0.1, -0.05) is 162 Å². The Kier molecular flexibility index (Phi) is 25.8. The van der Waals surface area contributed by atoms with Gasteiger partial charge in [0.2, 0.25) is 0 Å². The van der Waals surface area contributed by atoms with Crippen LogP contribution in [0, 0.1) is 117 Å². The van der Waals surface area contributed by atoms with E-state index in [-0.39, 0.29) is 0 Å². The van der Waals surface area contributed by atoms with Gasteiger partial charge in [0.05, 0.1) is 62.2 Å². The van der Waals surface area contributed by atoms with Gasteiger partial charge in [0.1, 0.15) is 28.5 Å². The molecule has 10 nitrogen and oxygen atoms in total. The molecule has 15 aromatic rings. The molecule has 0 fully saturated rings. The fourth-order valence-electron chi connectivity index (χ4n) is 16.4. The summed E-state index contributed by atoms with van der Waals surface area (Å²) in [6.07, 6.45) is 10.7. The highest BCUT2D eigenvalue weighted by atomic mass is 15.0. The van der Waals surface area contributed by atoms with Crippen molar-refractivity contribution < 1.29 is 22.8 Å². The van der Waals surface area contributed by atoms with Crippen molar-refractivity contribution >= 4 is 54.5 Å². The Morgan fingerprint density at radius 1 is 0.263 bits per heavy atom. The minimum atomic E-state index is 0.465. The van der Waals surface area contributed by atoms with Crippen LogP contribution in [-0.2, 0) is 41.7 Å². The molecule has 0 aliphatic heterocycles. The fraction of sp³-hybridized carbons (Fsp3) is 0.327. The van der Waals surface area contributed by atoms with E-state index >= 15 is 0 Å². The molecule has 15 rings (SSSR count). The summed E-state index contributed by atoms with van der Waals surface area (Å²) in [5.41, 5.74) is 44.7. The molecule has 0 saturated heterocycles. The minimum Gasteiger partial charge on any atom is -0.232 e. The van der Waals surface area contributed by atoms with Crippen LogP contribution in [-0.4, -0.2) is 24.9 Å². The quantitative estimate of drug-likeness (QED) is 0.127. The molecule has 0 amide bonds. The maximum atomic E-state index is 4.76. The predicted molar refractivity (Wildman–Crippen MR) is 478 cm³/mol. The fourth-order valence-corrected chi connectivity index (χ4v) is 16.4. The smallest absolute Gasteiger partial charge is 0.232 e. The lowest BCUT2D eigenvalue weighted by molar-refractivity contribution is -0.662. The minimum absolute atomic E-state index is 0.465. The second kappa shape index (κ2) is 35.1. The van der Waals surface area contributed by atoms with Crippen LogP contribution in [0.1, 0.15) is 184 Å². The van der Waals surface area contributed by atoms with Gasteiger partial charge < -0.3 is 0 Å². The summed E-state index contributed by atoms with van der Waals surface area (Å²) < 4.78 is 10.7. The Morgan fingerprint density at radius 3 is 0.982 bits per heavy atom. The van der Waals surface area contributed by atoms with Crippen molar-refractivity contribution in [1.29, 1.82) is 0 Å². The first-order valence-corrected chi connectivity index (χ1v) is 40.8. The SMILES string of the molecule is Cc1cc(C)c(C)c(-c2c3cc(C(C)C)ccc3nc[n+]2C)c1.Cc1cc(C)c(C)c(-c2c3cc(C)ccc3nc[n+]2C)c1.Cc1cc(C)c(C)c(-c2c3ccc(C(C)C)cc3nc[n+]2C)c1.Cc1cc(C)c(C)c(-c2c3cccc(C(C)C)c3nc[n+]2C)c1.Cc1cc(C)c(C)c(-c2c3cccc(CC(C)C)c3nc[n+]2C)c1. The lowest BCUT2D eigenvalue weighted by Gasteiger charge is -2.13. The third-order valence-electron chi connectivity index (χ3n) is 23.2. The summed E-state index contributed by atoms with van der Waals surface area (Å²) in [5.74, 6) is 2.12. The van der Waals surface area contributed by atoms with E-state index in [0.29, 0.717) is 23.7 Å². The first-order valence-electron chi connectivity index (χ1n) is 40.8. The average molecular weight is 1510 g/mol. The maximum absolute atomic E-state index is 4.76. The molecule has 0 unspecified atom stereocenters. The number of aromatic nitrogens is 10. The maximum Gasteiger partial charge on any atom is 0.287 e. The molecule has 10 aromatic carbocycles. The highest BCUT2D eigenvalue weighted by molar-refractivity contribution is 5.97.